The summed E-state index contributed by atoms with van der Waals surface area (Å²) < 4.78 is 0. The van der Waals surface area contributed by atoms with E-state index >= 15 is 0 Å². The molecule has 0 aliphatic carbocycles. The number of nitro benzene ring substituents is 2. The molecule has 0 fully saturated rings. The number of unbranched alkanes of at least 4 members (excludes halogenated alkanes) is 1. The van der Waals surface area contributed by atoms with Crippen molar-refractivity contribution in [3.05, 3.63) is 91.5 Å². The Balaban J connectivity index is 1.50. The predicted molar refractivity (Wildman–Crippen MR) is 146 cm³/mol. The topological polar surface area (TPSA) is 158 Å². The lowest BCUT2D eigenvalue weighted by Gasteiger charge is -2.11. The fourth-order valence-electron chi connectivity index (χ4n) is 3.76. The molecule has 38 heavy (non-hydrogen) atoms. The number of hydrogen-bond acceptors (Lipinski definition) is 8. The highest BCUT2D eigenvalue weighted by molar-refractivity contribution is 7.80. The van der Waals surface area contributed by atoms with Crippen molar-refractivity contribution in [1.82, 2.24) is 20.3 Å². The van der Waals surface area contributed by atoms with Crippen LogP contribution in [0.25, 0.3) is 16.7 Å². The molecule has 0 unspecified atom stereocenters. The lowest BCUT2D eigenvalue weighted by atomic mass is 10.1. The van der Waals surface area contributed by atoms with Crippen molar-refractivity contribution in [3.63, 3.8) is 0 Å². The van der Waals surface area contributed by atoms with E-state index < -0.39 is 27.1 Å². The number of rotatable bonds is 8. The van der Waals surface area contributed by atoms with E-state index in [1.54, 1.807) is 10.9 Å². The highest BCUT2D eigenvalue weighted by Crippen LogP contribution is 2.24. The van der Waals surface area contributed by atoms with Crippen LogP contribution in [0, 0.1) is 27.2 Å². The second-order valence-corrected chi connectivity index (χ2v) is 8.98. The maximum Gasteiger partial charge on any atom is 0.277 e. The van der Waals surface area contributed by atoms with Gasteiger partial charge < -0.3 is 5.32 Å². The fraction of sp³-hybridized carbons (Fsp3) is 0.200. The van der Waals surface area contributed by atoms with Gasteiger partial charge in [0.2, 0.25) is 0 Å². The van der Waals surface area contributed by atoms with Gasteiger partial charge in [-0.05, 0) is 67.4 Å². The first kappa shape index (κ1) is 26.3. The maximum atomic E-state index is 12.6. The summed E-state index contributed by atoms with van der Waals surface area (Å²) in [6.45, 7) is 3.99. The number of nitro groups is 2. The van der Waals surface area contributed by atoms with Crippen LogP contribution >= 0.6 is 12.2 Å². The zero-order chi connectivity index (χ0) is 27.4. The Bertz CT molecular complexity index is 1530. The molecule has 0 aliphatic rings. The maximum absolute atomic E-state index is 12.6. The number of fused-ring (bicyclic) bond motifs is 1. The Morgan fingerprint density at radius 2 is 1.58 bits per heavy atom. The van der Waals surface area contributed by atoms with Gasteiger partial charge in [-0.1, -0.05) is 25.5 Å². The molecule has 4 aromatic rings. The highest BCUT2D eigenvalue weighted by Gasteiger charge is 2.20. The van der Waals surface area contributed by atoms with Crippen LogP contribution in [-0.2, 0) is 6.42 Å². The van der Waals surface area contributed by atoms with E-state index in [1.165, 1.54) is 5.56 Å². The Kier molecular flexibility index (Phi) is 7.67. The third kappa shape index (κ3) is 5.95. The Morgan fingerprint density at radius 1 is 0.974 bits per heavy atom. The van der Waals surface area contributed by atoms with Gasteiger partial charge in [-0.3, -0.25) is 30.3 Å². The minimum atomic E-state index is -0.832. The van der Waals surface area contributed by atoms with Crippen LogP contribution < -0.4 is 10.6 Å². The van der Waals surface area contributed by atoms with Crippen molar-refractivity contribution in [2.45, 2.75) is 33.1 Å². The molecule has 0 atom stereocenters. The minimum Gasteiger partial charge on any atom is -0.332 e. The van der Waals surface area contributed by atoms with Crippen LogP contribution in [0.3, 0.4) is 0 Å². The first-order chi connectivity index (χ1) is 18.1. The van der Waals surface area contributed by atoms with Gasteiger partial charge in [-0.25, -0.2) is 0 Å². The standard InChI is InChI=1S/C25H23N7O5S/c1-3-4-5-16-6-8-18(9-7-16)30-28-22-10-15(2)21(14-23(22)29-30)26-25(38)27-24(33)17-11-19(31(34)35)13-20(12-17)32(36)37/h6-14H,3-5H2,1-2H3,(H2,26,27,33,38). The van der Waals surface area contributed by atoms with Crippen molar-refractivity contribution in [3.8, 4) is 5.69 Å². The van der Waals surface area contributed by atoms with Gasteiger partial charge in [0, 0.05) is 17.8 Å². The number of anilines is 1. The number of nitrogens with one attached hydrogen (secondary N) is 2. The van der Waals surface area contributed by atoms with E-state index in [0.717, 1.165) is 48.7 Å². The molecule has 194 valence electrons. The zero-order valence-corrected chi connectivity index (χ0v) is 21.3. The monoisotopic (exact) mass is 533 g/mol. The van der Waals surface area contributed by atoms with Crippen molar-refractivity contribution >= 4 is 51.3 Å². The summed E-state index contributed by atoms with van der Waals surface area (Å²) in [5.74, 6) is -0.832. The zero-order valence-electron chi connectivity index (χ0n) is 20.5. The van der Waals surface area contributed by atoms with Gasteiger partial charge in [0.05, 0.1) is 27.2 Å². The number of benzene rings is 3. The quantitative estimate of drug-likeness (QED) is 0.180. The van der Waals surface area contributed by atoms with E-state index in [2.05, 4.69) is 39.9 Å². The van der Waals surface area contributed by atoms with E-state index in [1.807, 2.05) is 25.1 Å². The fourth-order valence-corrected chi connectivity index (χ4v) is 3.96. The van der Waals surface area contributed by atoms with Gasteiger partial charge in [-0.15, -0.1) is 10.2 Å². The number of nitrogens with zero attached hydrogens (tertiary/aromatic N) is 5. The van der Waals surface area contributed by atoms with E-state index in [4.69, 9.17) is 12.2 Å². The molecule has 1 amide bonds. The molecule has 0 radical (unpaired) electrons. The minimum absolute atomic E-state index is 0.0957. The SMILES string of the molecule is CCCCc1ccc(-n2nc3cc(C)c(NC(=S)NC(=O)c4cc([N+](=O)[O-])cc([N+](=O)[O-])c4)cc3n2)cc1. The molecule has 2 N–H and O–H groups in total. The summed E-state index contributed by atoms with van der Waals surface area (Å²) in [5.41, 5.74) is 3.25. The van der Waals surface area contributed by atoms with Gasteiger partial charge in [0.1, 0.15) is 11.0 Å². The molecule has 0 saturated carbocycles. The largest absolute Gasteiger partial charge is 0.332 e. The molecular formula is C25H23N7O5S. The molecule has 13 heteroatoms. The second-order valence-electron chi connectivity index (χ2n) is 8.58. The predicted octanol–water partition coefficient (Wildman–Crippen LogP) is 5.01. The first-order valence-corrected chi connectivity index (χ1v) is 12.1. The van der Waals surface area contributed by atoms with Crippen molar-refractivity contribution in [2.75, 3.05) is 5.32 Å². The number of carbonyl (C=O) groups is 1. The third-order valence-corrected chi connectivity index (χ3v) is 5.98. The molecule has 3 aromatic carbocycles. The molecule has 0 spiro atoms. The smallest absolute Gasteiger partial charge is 0.277 e. The van der Waals surface area contributed by atoms with Crippen LogP contribution in [0.1, 0.15) is 41.3 Å². The number of amides is 1. The van der Waals surface area contributed by atoms with Crippen LogP contribution in [0.4, 0.5) is 17.1 Å². The molecule has 0 bridgehead atoms. The van der Waals surface area contributed by atoms with Gasteiger partial charge in [0.25, 0.3) is 17.3 Å². The number of thiocarbonyl (C=S) groups is 1. The number of aromatic nitrogens is 3. The third-order valence-electron chi connectivity index (χ3n) is 5.77. The summed E-state index contributed by atoms with van der Waals surface area (Å²) in [5, 5.41) is 36.5. The Hall–Kier alpha value is -4.78. The molecular weight excluding hydrogens is 510 g/mol. The number of non-ortho nitro benzene ring substituents is 2. The van der Waals surface area contributed by atoms with Crippen LogP contribution in [0.15, 0.2) is 54.6 Å². The second kappa shape index (κ2) is 11.1. The average molecular weight is 534 g/mol. The Labute approximate surface area is 222 Å². The Morgan fingerprint density at radius 3 is 2.16 bits per heavy atom. The number of aryl methyl sites for hydroxylation is 2. The summed E-state index contributed by atoms with van der Waals surface area (Å²) >= 11 is 5.24. The molecule has 0 aliphatic heterocycles. The van der Waals surface area contributed by atoms with Crippen LogP contribution in [-0.4, -0.2) is 35.9 Å². The summed E-state index contributed by atoms with van der Waals surface area (Å²) in [6.07, 6.45) is 3.29. The number of hydrogen-bond donors (Lipinski definition) is 2. The van der Waals surface area contributed by atoms with Crippen molar-refractivity contribution in [2.24, 2.45) is 0 Å². The normalized spacial score (nSPS) is 10.8. The molecule has 1 aromatic heterocycles. The summed E-state index contributed by atoms with van der Waals surface area (Å²) in [7, 11) is 0. The molecule has 0 saturated heterocycles. The number of carbonyl (C=O) groups excluding carboxylic acids is 1. The lowest BCUT2D eigenvalue weighted by molar-refractivity contribution is -0.394. The van der Waals surface area contributed by atoms with Gasteiger partial charge in [-0.2, -0.15) is 4.80 Å². The summed E-state index contributed by atoms with van der Waals surface area (Å²) in [6, 6.07) is 14.3. The van der Waals surface area contributed by atoms with E-state index in [9.17, 15) is 25.0 Å². The molecule has 12 nitrogen and oxygen atoms in total. The molecule has 1 heterocycles. The average Bonchev–Trinajstić information content (AvgIpc) is 3.30. The van der Waals surface area contributed by atoms with E-state index in [-0.39, 0.29) is 10.7 Å². The molecule has 4 rings (SSSR count). The lowest BCUT2D eigenvalue weighted by Crippen LogP contribution is -2.34. The summed E-state index contributed by atoms with van der Waals surface area (Å²) in [4.78, 5) is 34.8. The van der Waals surface area contributed by atoms with Crippen molar-refractivity contribution in [1.29, 1.82) is 0 Å². The van der Waals surface area contributed by atoms with Gasteiger partial charge >= 0.3 is 0 Å². The van der Waals surface area contributed by atoms with Crippen LogP contribution in [0.5, 0.6) is 0 Å². The van der Waals surface area contributed by atoms with Crippen LogP contribution in [0.2, 0.25) is 0 Å². The van der Waals surface area contributed by atoms with E-state index in [0.29, 0.717) is 16.7 Å². The van der Waals surface area contributed by atoms with Crippen molar-refractivity contribution < 1.29 is 14.6 Å². The highest BCUT2D eigenvalue weighted by atomic mass is 32.1. The first-order valence-electron chi connectivity index (χ1n) is 11.7. The van der Waals surface area contributed by atoms with Gasteiger partial charge in [0.15, 0.2) is 5.11 Å².